The van der Waals surface area contributed by atoms with Crippen molar-refractivity contribution >= 4 is 29.7 Å². The fourth-order valence-corrected chi connectivity index (χ4v) is 3.69. The molecule has 2 fully saturated rings. The van der Waals surface area contributed by atoms with Crippen LogP contribution < -0.4 is 0 Å². The summed E-state index contributed by atoms with van der Waals surface area (Å²) in [5, 5.41) is 0. The average molecular weight is 334 g/mol. The number of carbonyl (C=O) groups is 3. The van der Waals surface area contributed by atoms with E-state index >= 15 is 0 Å². The van der Waals surface area contributed by atoms with Crippen molar-refractivity contribution in [2.45, 2.75) is 23.8 Å². The van der Waals surface area contributed by atoms with Crippen LogP contribution in [0.25, 0.3) is 0 Å². The highest BCUT2D eigenvalue weighted by Crippen LogP contribution is 2.22. The molecule has 2 heterocycles. The summed E-state index contributed by atoms with van der Waals surface area (Å²) in [5.41, 5.74) is 0. The normalized spacial score (nSPS) is 21.0. The molecule has 1 aromatic carbocycles. The van der Waals surface area contributed by atoms with Gasteiger partial charge >= 0.3 is 6.09 Å². The Labute approximate surface area is 138 Å². The quantitative estimate of drug-likeness (QED) is 0.768. The van der Waals surface area contributed by atoms with Crippen LogP contribution in [0.15, 0.2) is 35.2 Å². The Morgan fingerprint density at radius 3 is 2.74 bits per heavy atom. The van der Waals surface area contributed by atoms with Gasteiger partial charge in [0, 0.05) is 30.2 Å². The number of cyclic esters (lactones) is 1. The van der Waals surface area contributed by atoms with Gasteiger partial charge in [-0.25, -0.2) is 9.69 Å². The number of rotatable bonds is 5. The maximum atomic E-state index is 12.3. The maximum absolute atomic E-state index is 12.3. The van der Waals surface area contributed by atoms with Gasteiger partial charge < -0.3 is 9.64 Å². The van der Waals surface area contributed by atoms with Crippen LogP contribution >= 0.6 is 11.8 Å². The van der Waals surface area contributed by atoms with Gasteiger partial charge in [-0.05, 0) is 18.6 Å². The standard InChI is InChI=1S/C16H18N2O4S/c19-14(7-9-23-13-4-2-1-3-5-13)17-8-6-12(10-17)18-15(20)11-22-16(18)21/h1-5,12H,6-11H2. The Morgan fingerprint density at radius 1 is 1.26 bits per heavy atom. The zero-order chi connectivity index (χ0) is 16.2. The molecular formula is C16H18N2O4S. The zero-order valence-corrected chi connectivity index (χ0v) is 13.5. The van der Waals surface area contributed by atoms with E-state index in [0.717, 1.165) is 9.80 Å². The average Bonchev–Trinajstić information content (AvgIpc) is 3.15. The minimum atomic E-state index is -0.589. The van der Waals surface area contributed by atoms with Gasteiger partial charge in [-0.3, -0.25) is 9.59 Å². The highest BCUT2D eigenvalue weighted by atomic mass is 32.2. The van der Waals surface area contributed by atoms with Crippen molar-refractivity contribution in [3.8, 4) is 0 Å². The molecule has 1 atom stereocenters. The highest BCUT2D eigenvalue weighted by Gasteiger charge is 2.40. The predicted octanol–water partition coefficient (Wildman–Crippen LogP) is 1.75. The summed E-state index contributed by atoms with van der Waals surface area (Å²) in [6.07, 6.45) is 0.484. The highest BCUT2D eigenvalue weighted by molar-refractivity contribution is 7.99. The van der Waals surface area contributed by atoms with Crippen LogP contribution in [0.4, 0.5) is 4.79 Å². The first-order valence-corrected chi connectivity index (χ1v) is 8.58. The molecule has 1 unspecified atom stereocenters. The molecule has 7 heteroatoms. The number of likely N-dealkylation sites (tertiary alicyclic amines) is 1. The van der Waals surface area contributed by atoms with Crippen LogP contribution in [0.1, 0.15) is 12.8 Å². The summed E-state index contributed by atoms with van der Waals surface area (Å²) >= 11 is 1.65. The van der Waals surface area contributed by atoms with E-state index in [4.69, 9.17) is 4.74 Å². The molecule has 3 rings (SSSR count). The number of amides is 3. The lowest BCUT2D eigenvalue weighted by atomic mass is 10.2. The van der Waals surface area contributed by atoms with E-state index in [1.807, 2.05) is 30.3 Å². The Bertz CT molecular complexity index is 591. The number of nitrogens with zero attached hydrogens (tertiary/aromatic N) is 2. The van der Waals surface area contributed by atoms with Gasteiger partial charge in [-0.15, -0.1) is 11.8 Å². The van der Waals surface area contributed by atoms with Crippen molar-refractivity contribution in [2.75, 3.05) is 25.4 Å². The number of benzene rings is 1. The second-order valence-corrected chi connectivity index (χ2v) is 6.68. The summed E-state index contributed by atoms with van der Waals surface area (Å²) in [6.45, 7) is 0.809. The van der Waals surface area contributed by atoms with E-state index in [2.05, 4.69) is 0 Å². The van der Waals surface area contributed by atoms with Crippen LogP contribution in [0.3, 0.4) is 0 Å². The molecule has 6 nitrogen and oxygen atoms in total. The van der Waals surface area contributed by atoms with Gasteiger partial charge in [0.15, 0.2) is 6.61 Å². The van der Waals surface area contributed by atoms with Gasteiger partial charge in [-0.2, -0.15) is 0 Å². The van der Waals surface area contributed by atoms with Gasteiger partial charge in [0.05, 0.1) is 6.04 Å². The van der Waals surface area contributed by atoms with E-state index in [9.17, 15) is 14.4 Å². The molecule has 3 amide bonds. The molecule has 0 saturated carbocycles. The second-order valence-electron chi connectivity index (χ2n) is 5.51. The van der Waals surface area contributed by atoms with Crippen molar-refractivity contribution in [1.29, 1.82) is 0 Å². The van der Waals surface area contributed by atoms with Crippen LogP contribution in [0.2, 0.25) is 0 Å². The third kappa shape index (κ3) is 3.67. The fraction of sp³-hybridized carbons (Fsp3) is 0.438. The topological polar surface area (TPSA) is 66.9 Å². The van der Waals surface area contributed by atoms with Crippen LogP contribution in [0, 0.1) is 0 Å². The van der Waals surface area contributed by atoms with E-state index in [-0.39, 0.29) is 24.5 Å². The number of hydrogen-bond donors (Lipinski definition) is 0. The lowest BCUT2D eigenvalue weighted by molar-refractivity contribution is -0.131. The molecule has 0 radical (unpaired) electrons. The minimum Gasteiger partial charge on any atom is -0.439 e. The van der Waals surface area contributed by atoms with Crippen molar-refractivity contribution in [1.82, 2.24) is 9.80 Å². The SMILES string of the molecule is O=C(CCSc1ccccc1)N1CCC(N2C(=O)COC2=O)C1. The summed E-state index contributed by atoms with van der Waals surface area (Å²) in [6, 6.07) is 9.70. The minimum absolute atomic E-state index is 0.0657. The first kappa shape index (κ1) is 15.9. The second kappa shape index (κ2) is 7.04. The first-order chi connectivity index (χ1) is 11.1. The Morgan fingerprint density at radius 2 is 2.04 bits per heavy atom. The molecule has 1 aromatic rings. The van der Waals surface area contributed by atoms with E-state index in [1.54, 1.807) is 16.7 Å². The van der Waals surface area contributed by atoms with Gasteiger partial charge in [0.25, 0.3) is 5.91 Å². The molecule has 0 bridgehead atoms. The third-order valence-electron chi connectivity index (χ3n) is 3.99. The monoisotopic (exact) mass is 334 g/mol. The van der Waals surface area contributed by atoms with Crippen molar-refractivity contribution in [2.24, 2.45) is 0 Å². The van der Waals surface area contributed by atoms with Gasteiger partial charge in [0.1, 0.15) is 0 Å². The molecule has 23 heavy (non-hydrogen) atoms. The molecule has 0 N–H and O–H groups in total. The summed E-state index contributed by atoms with van der Waals surface area (Å²) in [7, 11) is 0. The molecular weight excluding hydrogens is 316 g/mol. The number of ether oxygens (including phenoxy) is 1. The largest absolute Gasteiger partial charge is 0.439 e. The molecule has 122 valence electrons. The summed E-state index contributed by atoms with van der Waals surface area (Å²) in [5.74, 6) is 0.471. The maximum Gasteiger partial charge on any atom is 0.417 e. The number of thioether (sulfide) groups is 1. The van der Waals surface area contributed by atoms with Crippen molar-refractivity contribution < 1.29 is 19.1 Å². The summed E-state index contributed by atoms with van der Waals surface area (Å²) in [4.78, 5) is 39.5. The molecule has 2 aliphatic rings. The lowest BCUT2D eigenvalue weighted by Gasteiger charge is -2.20. The van der Waals surface area contributed by atoms with Crippen LogP contribution in [0.5, 0.6) is 0 Å². The number of hydrogen-bond acceptors (Lipinski definition) is 5. The van der Waals surface area contributed by atoms with E-state index in [0.29, 0.717) is 31.7 Å². The molecule has 0 aromatic heterocycles. The first-order valence-electron chi connectivity index (χ1n) is 7.59. The predicted molar refractivity (Wildman–Crippen MR) is 85.0 cm³/mol. The third-order valence-corrected chi connectivity index (χ3v) is 5.01. The Balaban J connectivity index is 1.46. The van der Waals surface area contributed by atoms with Gasteiger partial charge in [-0.1, -0.05) is 18.2 Å². The zero-order valence-electron chi connectivity index (χ0n) is 12.6. The number of imide groups is 1. The molecule has 2 saturated heterocycles. The Hall–Kier alpha value is -2.02. The number of carbonyl (C=O) groups excluding carboxylic acids is 3. The van der Waals surface area contributed by atoms with E-state index in [1.165, 1.54) is 0 Å². The fourth-order valence-electron chi connectivity index (χ4n) is 2.83. The lowest BCUT2D eigenvalue weighted by Crippen LogP contribution is -2.42. The molecule has 2 aliphatic heterocycles. The van der Waals surface area contributed by atoms with Crippen LogP contribution in [-0.4, -0.2) is 59.2 Å². The smallest absolute Gasteiger partial charge is 0.417 e. The van der Waals surface area contributed by atoms with Gasteiger partial charge in [0.2, 0.25) is 5.91 Å². The Kier molecular flexibility index (Phi) is 4.85. The van der Waals surface area contributed by atoms with Crippen LogP contribution in [-0.2, 0) is 14.3 Å². The van der Waals surface area contributed by atoms with Crippen molar-refractivity contribution in [3.05, 3.63) is 30.3 Å². The van der Waals surface area contributed by atoms with E-state index < -0.39 is 6.09 Å². The molecule has 0 spiro atoms. The summed E-state index contributed by atoms with van der Waals surface area (Å²) < 4.78 is 4.73. The molecule has 0 aliphatic carbocycles. The van der Waals surface area contributed by atoms with Crippen molar-refractivity contribution in [3.63, 3.8) is 0 Å².